The molecule has 3 N–H and O–H groups in total. The predicted molar refractivity (Wildman–Crippen MR) is 92.9 cm³/mol. The summed E-state index contributed by atoms with van der Waals surface area (Å²) in [6, 6.07) is 1.37. The Labute approximate surface area is 150 Å². The number of hydrogen-bond donors (Lipinski definition) is 3. The van der Waals surface area contributed by atoms with Crippen LogP contribution in [-0.4, -0.2) is 48.3 Å². The molecule has 148 valence electrons. The lowest BCUT2D eigenvalue weighted by Gasteiger charge is -2.11. The quantitative estimate of drug-likeness (QED) is 0.755. The van der Waals surface area contributed by atoms with Crippen molar-refractivity contribution < 1.29 is 33.0 Å². The van der Waals surface area contributed by atoms with Gasteiger partial charge in [-0.25, -0.2) is 4.39 Å². The summed E-state index contributed by atoms with van der Waals surface area (Å²) in [6.45, 7) is 6.91. The van der Waals surface area contributed by atoms with Crippen molar-refractivity contribution in [3.63, 3.8) is 0 Å². The first-order valence-corrected chi connectivity index (χ1v) is 8.51. The summed E-state index contributed by atoms with van der Waals surface area (Å²) in [7, 11) is 0. The van der Waals surface area contributed by atoms with Crippen LogP contribution < -0.4 is 5.32 Å². The fraction of sp³-hybridized carbons (Fsp3) is 0.588. The second-order valence-electron chi connectivity index (χ2n) is 5.25. The summed E-state index contributed by atoms with van der Waals surface area (Å²) in [5, 5.41) is 23.0. The van der Waals surface area contributed by atoms with E-state index in [1.807, 2.05) is 0 Å². The molecule has 1 saturated heterocycles. The van der Waals surface area contributed by atoms with Gasteiger partial charge >= 0.3 is 0 Å². The van der Waals surface area contributed by atoms with Crippen LogP contribution in [0.3, 0.4) is 0 Å². The van der Waals surface area contributed by atoms with E-state index in [0.717, 1.165) is 0 Å². The van der Waals surface area contributed by atoms with Crippen LogP contribution in [0.25, 0.3) is 11.0 Å². The molecule has 1 aromatic heterocycles. The van der Waals surface area contributed by atoms with Crippen molar-refractivity contribution in [2.24, 2.45) is 0 Å². The van der Waals surface area contributed by atoms with Gasteiger partial charge in [0, 0.05) is 18.7 Å². The van der Waals surface area contributed by atoms with Crippen molar-refractivity contribution in [3.8, 4) is 0 Å². The van der Waals surface area contributed by atoms with Crippen LogP contribution in [0.4, 0.5) is 14.6 Å². The molecule has 0 atom stereocenters. The Kier molecular flexibility index (Phi) is 10.0. The van der Waals surface area contributed by atoms with E-state index in [1.165, 1.54) is 12.5 Å². The van der Waals surface area contributed by atoms with Gasteiger partial charge in [0.1, 0.15) is 0 Å². The zero-order valence-corrected chi connectivity index (χ0v) is 15.2. The summed E-state index contributed by atoms with van der Waals surface area (Å²) < 4.78 is 43.1. The zero-order chi connectivity index (χ0) is 19.5. The van der Waals surface area contributed by atoms with E-state index < -0.39 is 17.9 Å². The maximum atomic E-state index is 14.0. The monoisotopic (exact) mass is 376 g/mol. The number of halogens is 2. The van der Waals surface area contributed by atoms with Gasteiger partial charge in [-0.3, -0.25) is 0 Å². The highest BCUT2D eigenvalue weighted by Gasteiger charge is 2.28. The van der Waals surface area contributed by atoms with E-state index in [9.17, 15) is 8.78 Å². The van der Waals surface area contributed by atoms with Crippen molar-refractivity contribution in [2.75, 3.05) is 38.3 Å². The number of nitrogens with one attached hydrogen (secondary N) is 1. The number of anilines is 1. The lowest BCUT2D eigenvalue weighted by Crippen LogP contribution is -2.07. The average molecular weight is 376 g/mol. The van der Waals surface area contributed by atoms with Gasteiger partial charge in [-0.15, -0.1) is 0 Å². The summed E-state index contributed by atoms with van der Waals surface area (Å²) in [6.07, 6.45) is 0.314. The molecule has 9 heteroatoms. The van der Waals surface area contributed by atoms with Crippen molar-refractivity contribution in [1.82, 2.24) is 5.16 Å². The highest BCUT2D eigenvalue weighted by Crippen LogP contribution is 2.34. The summed E-state index contributed by atoms with van der Waals surface area (Å²) in [5.74, 6) is -1.98. The van der Waals surface area contributed by atoms with E-state index in [1.54, 1.807) is 6.92 Å². The van der Waals surface area contributed by atoms with Gasteiger partial charge in [-0.05, 0) is 13.0 Å². The van der Waals surface area contributed by atoms with Crippen LogP contribution >= 0.6 is 0 Å². The standard InChI is InChI=1S/C12H12F2N2O4.C3H8.C2H6O/c13-8-6(12-18-3-4-19-12)5-7-10(9(8)14)20-16-11(7)15-1-2-17;1-3-2;1-2-3/h5,12,17H,1-4H2,(H,15,16);3H2,1-2H3;3H,2H2,1H3. The third-order valence-corrected chi connectivity index (χ3v) is 2.95. The topological polar surface area (TPSA) is 97.0 Å². The molecule has 26 heavy (non-hydrogen) atoms. The molecular formula is C17H26F2N2O5. The van der Waals surface area contributed by atoms with E-state index >= 15 is 0 Å². The number of aliphatic hydroxyl groups is 2. The molecule has 0 radical (unpaired) electrons. The maximum absolute atomic E-state index is 14.0. The van der Waals surface area contributed by atoms with Crippen LogP contribution in [0.1, 0.15) is 39.0 Å². The Balaban J connectivity index is 0.000000499. The highest BCUT2D eigenvalue weighted by atomic mass is 19.2. The number of fused-ring (bicyclic) bond motifs is 1. The number of ether oxygens (including phenoxy) is 2. The van der Waals surface area contributed by atoms with Crippen molar-refractivity contribution >= 4 is 16.8 Å². The largest absolute Gasteiger partial charge is 0.397 e. The molecule has 1 aliphatic rings. The predicted octanol–water partition coefficient (Wildman–Crippen LogP) is 2.97. The van der Waals surface area contributed by atoms with Crippen LogP contribution in [0.2, 0.25) is 0 Å². The van der Waals surface area contributed by atoms with Gasteiger partial charge in [0.25, 0.3) is 0 Å². The molecule has 3 rings (SSSR count). The Morgan fingerprint density at radius 3 is 2.27 bits per heavy atom. The Hall–Kier alpha value is -1.81. The lowest BCUT2D eigenvalue weighted by atomic mass is 10.1. The Morgan fingerprint density at radius 1 is 1.15 bits per heavy atom. The first kappa shape index (κ1) is 22.2. The first-order valence-electron chi connectivity index (χ1n) is 8.51. The number of aromatic nitrogens is 1. The molecule has 1 aliphatic heterocycles. The van der Waals surface area contributed by atoms with Gasteiger partial charge in [-0.2, -0.15) is 4.39 Å². The van der Waals surface area contributed by atoms with Gasteiger partial charge in [0.2, 0.25) is 11.4 Å². The summed E-state index contributed by atoms with van der Waals surface area (Å²) >= 11 is 0. The molecule has 0 spiro atoms. The van der Waals surface area contributed by atoms with Crippen molar-refractivity contribution in [2.45, 2.75) is 33.5 Å². The molecule has 1 aromatic carbocycles. The van der Waals surface area contributed by atoms with Crippen LogP contribution in [0.5, 0.6) is 0 Å². The van der Waals surface area contributed by atoms with Crippen molar-refractivity contribution in [3.05, 3.63) is 23.3 Å². The van der Waals surface area contributed by atoms with Crippen LogP contribution in [-0.2, 0) is 9.47 Å². The number of nitrogens with zero attached hydrogens (tertiary/aromatic N) is 1. The Morgan fingerprint density at radius 2 is 1.73 bits per heavy atom. The van der Waals surface area contributed by atoms with E-state index in [2.05, 4.69) is 24.3 Å². The number of hydrogen-bond acceptors (Lipinski definition) is 7. The van der Waals surface area contributed by atoms with Gasteiger partial charge in [0.05, 0.1) is 25.2 Å². The molecule has 2 aromatic rings. The number of benzene rings is 1. The maximum Gasteiger partial charge on any atom is 0.207 e. The second-order valence-corrected chi connectivity index (χ2v) is 5.25. The molecule has 1 fully saturated rings. The van der Waals surface area contributed by atoms with Crippen LogP contribution in [0, 0.1) is 11.6 Å². The van der Waals surface area contributed by atoms with Gasteiger partial charge in [0.15, 0.2) is 17.9 Å². The average Bonchev–Trinajstić information content (AvgIpc) is 3.27. The minimum absolute atomic E-state index is 0.0391. The minimum Gasteiger partial charge on any atom is -0.397 e. The molecule has 2 heterocycles. The van der Waals surface area contributed by atoms with E-state index in [0.29, 0.717) is 13.2 Å². The molecule has 7 nitrogen and oxygen atoms in total. The fourth-order valence-electron chi connectivity index (χ4n) is 2.05. The third kappa shape index (κ3) is 5.60. The molecule has 0 amide bonds. The molecule has 0 bridgehead atoms. The molecule has 0 aliphatic carbocycles. The molecule has 0 saturated carbocycles. The lowest BCUT2D eigenvalue weighted by molar-refractivity contribution is -0.0467. The first-order chi connectivity index (χ1) is 12.5. The zero-order valence-electron chi connectivity index (χ0n) is 15.2. The molecule has 0 unspecified atom stereocenters. The normalized spacial score (nSPS) is 13.8. The van der Waals surface area contributed by atoms with Crippen LogP contribution in [0.15, 0.2) is 10.6 Å². The third-order valence-electron chi connectivity index (χ3n) is 2.95. The van der Waals surface area contributed by atoms with Gasteiger partial charge in [-0.1, -0.05) is 25.4 Å². The number of aliphatic hydroxyl groups excluding tert-OH is 2. The highest BCUT2D eigenvalue weighted by molar-refractivity contribution is 5.89. The van der Waals surface area contributed by atoms with E-state index in [-0.39, 0.29) is 42.1 Å². The minimum atomic E-state index is -1.14. The molecular weight excluding hydrogens is 350 g/mol. The van der Waals surface area contributed by atoms with Crippen molar-refractivity contribution in [1.29, 1.82) is 0 Å². The fourth-order valence-corrected chi connectivity index (χ4v) is 2.05. The summed E-state index contributed by atoms with van der Waals surface area (Å²) in [5.41, 5.74) is -0.326. The Bertz CT molecular complexity index is 658. The van der Waals surface area contributed by atoms with E-state index in [4.69, 9.17) is 24.2 Å². The van der Waals surface area contributed by atoms with Gasteiger partial charge < -0.3 is 29.5 Å². The summed E-state index contributed by atoms with van der Waals surface area (Å²) in [4.78, 5) is 0. The number of rotatable bonds is 4. The SMILES string of the molecule is CCC.CCO.OCCNc1noc2c(F)c(F)c(C3OCCO3)cc12. The smallest absolute Gasteiger partial charge is 0.207 e. The second kappa shape index (κ2) is 11.7.